The normalized spacial score (nSPS) is 47.4. The van der Waals surface area contributed by atoms with Crippen LogP contribution in [0.1, 0.15) is 72.6 Å². The van der Waals surface area contributed by atoms with Crippen LogP contribution in [-0.2, 0) is 33.4 Å². The van der Waals surface area contributed by atoms with Gasteiger partial charge in [0.25, 0.3) is 0 Å². The van der Waals surface area contributed by atoms with Crippen molar-refractivity contribution in [2.45, 2.75) is 109 Å². The second kappa shape index (κ2) is 10.5. The Balaban J connectivity index is 1.45. The molecule has 0 aromatic carbocycles. The Morgan fingerprint density at radius 1 is 1.00 bits per heavy atom. The van der Waals surface area contributed by atoms with E-state index in [0.717, 1.165) is 24.8 Å². The number of rotatable bonds is 6. The largest absolute Gasteiger partial charge is 0.479 e. The molecular weight excluding hydrogens is 536 g/mol. The standard InChI is InChI=1S/C30H42O11/c1-14(31)30(41-15(2)32)10-7-20-18-11-16(13-39-27-24(36)22(34)23(35)25(40-27)26(37)38)21-12-17(33)5-8-28(21,3)19(18)6-9-29(20,30)4/h12,16,18-20,22-25,27,34-36H,5-11,13H2,1-4H3,(H,37,38)/t16?,18-,19+,20+,22?,23+,24?,25+,27-,28-,29+,30+/m1/s1. The number of ether oxygens (including phenoxy) is 3. The lowest BCUT2D eigenvalue weighted by molar-refractivity contribution is -0.296. The Hall–Kier alpha value is -2.18. The molecule has 11 nitrogen and oxygen atoms in total. The molecule has 4 fully saturated rings. The van der Waals surface area contributed by atoms with E-state index in [-0.39, 0.29) is 47.3 Å². The number of carboxylic acid groups (broad SMARTS) is 1. The van der Waals surface area contributed by atoms with Gasteiger partial charge in [-0.15, -0.1) is 0 Å². The van der Waals surface area contributed by atoms with Crippen LogP contribution in [0.2, 0.25) is 0 Å². The number of Topliss-reactive ketones (excluding diaryl/α,β-unsaturated/α-hetero) is 1. The highest BCUT2D eigenvalue weighted by Gasteiger charge is 2.68. The smallest absolute Gasteiger partial charge is 0.335 e. The number of hydrogen-bond acceptors (Lipinski definition) is 10. The van der Waals surface area contributed by atoms with E-state index in [4.69, 9.17) is 14.2 Å². The first-order chi connectivity index (χ1) is 19.2. The van der Waals surface area contributed by atoms with Crippen molar-refractivity contribution in [3.8, 4) is 0 Å². The summed E-state index contributed by atoms with van der Waals surface area (Å²) in [5, 5.41) is 40.2. The molecule has 228 valence electrons. The van der Waals surface area contributed by atoms with Crippen molar-refractivity contribution in [1.82, 2.24) is 0 Å². The number of aliphatic hydroxyl groups is 3. The summed E-state index contributed by atoms with van der Waals surface area (Å²) in [4.78, 5) is 49.4. The molecule has 0 radical (unpaired) electrons. The molecule has 0 aromatic heterocycles. The quantitative estimate of drug-likeness (QED) is 0.336. The van der Waals surface area contributed by atoms with Crippen LogP contribution in [0, 0.1) is 34.5 Å². The van der Waals surface area contributed by atoms with Crippen LogP contribution < -0.4 is 0 Å². The molecule has 5 aliphatic rings. The first kappa shape index (κ1) is 30.3. The van der Waals surface area contributed by atoms with Gasteiger partial charge in [-0.1, -0.05) is 19.4 Å². The molecule has 1 saturated heterocycles. The van der Waals surface area contributed by atoms with Crippen LogP contribution in [-0.4, -0.2) is 86.8 Å². The summed E-state index contributed by atoms with van der Waals surface area (Å²) in [7, 11) is 0. The number of carbonyl (C=O) groups is 4. The van der Waals surface area contributed by atoms with E-state index in [2.05, 4.69) is 13.8 Å². The monoisotopic (exact) mass is 578 g/mol. The van der Waals surface area contributed by atoms with E-state index < -0.39 is 53.7 Å². The van der Waals surface area contributed by atoms with Crippen molar-refractivity contribution < 1.29 is 53.8 Å². The highest BCUT2D eigenvalue weighted by atomic mass is 16.7. The van der Waals surface area contributed by atoms with E-state index in [9.17, 15) is 39.6 Å². The van der Waals surface area contributed by atoms with Crippen molar-refractivity contribution in [1.29, 1.82) is 0 Å². The molecule has 1 heterocycles. The lowest BCUT2D eigenvalue weighted by Crippen LogP contribution is -2.61. The number of aliphatic hydroxyl groups excluding tert-OH is 3. The van der Waals surface area contributed by atoms with Gasteiger partial charge in [0.1, 0.15) is 18.3 Å². The highest BCUT2D eigenvalue weighted by molar-refractivity contribution is 5.92. The molecule has 3 saturated carbocycles. The zero-order chi connectivity index (χ0) is 30.1. The van der Waals surface area contributed by atoms with E-state index >= 15 is 0 Å². The van der Waals surface area contributed by atoms with Gasteiger partial charge in [-0.05, 0) is 74.7 Å². The Morgan fingerprint density at radius 2 is 1.68 bits per heavy atom. The van der Waals surface area contributed by atoms with Crippen LogP contribution in [0.15, 0.2) is 11.6 Å². The number of ketones is 2. The number of fused-ring (bicyclic) bond motifs is 5. The van der Waals surface area contributed by atoms with Crippen molar-refractivity contribution in [3.05, 3.63) is 11.6 Å². The van der Waals surface area contributed by atoms with Gasteiger partial charge in [0, 0.05) is 24.7 Å². The first-order valence-electron chi connectivity index (χ1n) is 14.7. The Morgan fingerprint density at radius 3 is 2.32 bits per heavy atom. The van der Waals surface area contributed by atoms with Gasteiger partial charge >= 0.3 is 11.9 Å². The maximum Gasteiger partial charge on any atom is 0.335 e. The fourth-order valence-corrected chi connectivity index (χ4v) is 9.40. The van der Waals surface area contributed by atoms with Crippen LogP contribution in [0.25, 0.3) is 0 Å². The third-order valence-electron chi connectivity index (χ3n) is 11.4. The van der Waals surface area contributed by atoms with Crippen LogP contribution in [0.5, 0.6) is 0 Å². The highest BCUT2D eigenvalue weighted by Crippen LogP contribution is 2.69. The van der Waals surface area contributed by atoms with E-state index in [1.54, 1.807) is 6.08 Å². The zero-order valence-corrected chi connectivity index (χ0v) is 24.1. The predicted molar refractivity (Wildman–Crippen MR) is 141 cm³/mol. The molecular formula is C30H42O11. The average molecular weight is 579 g/mol. The molecule has 0 aromatic rings. The van der Waals surface area contributed by atoms with Gasteiger partial charge in [-0.3, -0.25) is 14.4 Å². The van der Waals surface area contributed by atoms with E-state index in [1.807, 2.05) is 0 Å². The Kier molecular flexibility index (Phi) is 7.77. The molecule has 4 N–H and O–H groups in total. The van der Waals surface area contributed by atoms with E-state index in [1.165, 1.54) is 13.8 Å². The fourth-order valence-electron chi connectivity index (χ4n) is 9.40. The minimum Gasteiger partial charge on any atom is -0.479 e. The minimum atomic E-state index is -1.82. The van der Waals surface area contributed by atoms with Crippen molar-refractivity contribution >= 4 is 23.5 Å². The Labute approximate surface area is 239 Å². The second-order valence-electron chi connectivity index (χ2n) is 13.3. The van der Waals surface area contributed by atoms with Crippen molar-refractivity contribution in [3.63, 3.8) is 0 Å². The summed E-state index contributed by atoms with van der Waals surface area (Å²) in [6, 6.07) is 0. The van der Waals surface area contributed by atoms with Gasteiger partial charge in [0.15, 0.2) is 29.6 Å². The fraction of sp³-hybridized carbons (Fsp3) is 0.800. The number of hydrogen-bond donors (Lipinski definition) is 4. The number of carboxylic acids is 1. The summed E-state index contributed by atoms with van der Waals surface area (Å²) in [6.45, 7) is 7.09. The lowest BCUT2D eigenvalue weighted by atomic mass is 9.44. The van der Waals surface area contributed by atoms with Crippen LogP contribution >= 0.6 is 0 Å². The molecule has 0 amide bonds. The van der Waals surface area contributed by atoms with Gasteiger partial charge in [0.2, 0.25) is 0 Å². The molecule has 11 heteroatoms. The lowest BCUT2D eigenvalue weighted by Gasteiger charge is -2.60. The first-order valence-corrected chi connectivity index (χ1v) is 14.7. The maximum absolute atomic E-state index is 13.1. The summed E-state index contributed by atoms with van der Waals surface area (Å²) in [5.74, 6) is -1.85. The van der Waals surface area contributed by atoms with E-state index in [0.29, 0.717) is 25.7 Å². The molecule has 1 aliphatic heterocycles. The molecule has 12 atom stereocenters. The van der Waals surface area contributed by atoms with Gasteiger partial charge in [0.05, 0.1) is 6.61 Å². The zero-order valence-electron chi connectivity index (χ0n) is 24.1. The van der Waals surface area contributed by atoms with Gasteiger partial charge in [-0.25, -0.2) is 4.79 Å². The second-order valence-corrected chi connectivity index (χ2v) is 13.3. The molecule has 5 rings (SSSR count). The van der Waals surface area contributed by atoms with Crippen LogP contribution in [0.4, 0.5) is 0 Å². The average Bonchev–Trinajstić information content (AvgIpc) is 3.20. The minimum absolute atomic E-state index is 0.0000354. The molecule has 0 spiro atoms. The predicted octanol–water partition coefficient (Wildman–Crippen LogP) is 1.54. The third kappa shape index (κ3) is 4.59. The van der Waals surface area contributed by atoms with Crippen molar-refractivity contribution in [2.75, 3.05) is 6.61 Å². The molecule has 3 unspecified atom stereocenters. The van der Waals surface area contributed by atoms with Gasteiger partial charge in [-0.2, -0.15) is 0 Å². The van der Waals surface area contributed by atoms with Gasteiger partial charge < -0.3 is 34.6 Å². The summed E-state index contributed by atoms with van der Waals surface area (Å²) >= 11 is 0. The number of esters is 1. The number of carbonyl (C=O) groups excluding carboxylic acids is 3. The SMILES string of the molecule is CC(=O)O[C@]1(C(C)=O)CC[C@H]2[C@@H]3CC(CO[C@@H]4O[C@H](C(=O)O)[C@@H](O)C(O)C4O)C4=CC(=O)CC[C@]4(C)[C@H]3CC[C@@]21C. The Bertz CT molecular complexity index is 1150. The van der Waals surface area contributed by atoms with Crippen LogP contribution in [0.3, 0.4) is 0 Å². The number of aliphatic carboxylic acids is 1. The molecule has 41 heavy (non-hydrogen) atoms. The summed E-state index contributed by atoms with van der Waals surface area (Å²) < 4.78 is 17.1. The molecule has 0 bridgehead atoms. The maximum atomic E-state index is 13.1. The topological polar surface area (TPSA) is 177 Å². The molecule has 4 aliphatic carbocycles. The van der Waals surface area contributed by atoms with Crippen molar-refractivity contribution in [2.24, 2.45) is 34.5 Å². The summed E-state index contributed by atoms with van der Waals surface area (Å²) in [6.07, 6.45) is -2.34. The third-order valence-corrected chi connectivity index (χ3v) is 11.4. The summed E-state index contributed by atoms with van der Waals surface area (Å²) in [5.41, 5.74) is -1.06.